The number of halogens is 2. The van der Waals surface area contributed by atoms with Crippen molar-refractivity contribution in [1.29, 1.82) is 0 Å². The molecule has 1 fully saturated rings. The molecule has 1 aliphatic heterocycles. The van der Waals surface area contributed by atoms with E-state index in [0.717, 1.165) is 5.56 Å². The van der Waals surface area contributed by atoms with Crippen LogP contribution in [0, 0.1) is 0 Å². The maximum Gasteiger partial charge on any atom is 0.238 e. The molecule has 0 atom stereocenters. The van der Waals surface area contributed by atoms with Crippen molar-refractivity contribution >= 4 is 50.9 Å². The highest BCUT2D eigenvalue weighted by molar-refractivity contribution is 7.92. The van der Waals surface area contributed by atoms with E-state index in [4.69, 9.17) is 23.2 Å². The number of nitrogens with zero attached hydrogens (tertiary/aromatic N) is 2. The number of piperazine rings is 1. The molecule has 2 aromatic carbocycles. The van der Waals surface area contributed by atoms with Crippen LogP contribution in [0.25, 0.3) is 6.08 Å². The molecule has 154 valence electrons. The van der Waals surface area contributed by atoms with Gasteiger partial charge in [0, 0.05) is 36.6 Å². The van der Waals surface area contributed by atoms with Gasteiger partial charge in [-0.15, -0.1) is 0 Å². The lowest BCUT2D eigenvalue weighted by molar-refractivity contribution is -0.117. The standard InChI is InChI=1S/C20H21Cl2N3O3S/c21-17-6-7-18(22)19(14-17)23-20(26)15-24-9-11-25(12-10-24)29(27,28)13-8-16-4-2-1-3-5-16/h1-8,13-14H,9-12,15H2,(H,23,26)/b13-8+. The molecule has 3 rings (SSSR count). The molecule has 0 aliphatic carbocycles. The highest BCUT2D eigenvalue weighted by atomic mass is 35.5. The number of anilines is 1. The average molecular weight is 454 g/mol. The predicted octanol–water partition coefficient (Wildman–Crippen LogP) is 3.55. The van der Waals surface area contributed by atoms with Crippen LogP contribution in [0.3, 0.4) is 0 Å². The minimum Gasteiger partial charge on any atom is -0.324 e. The quantitative estimate of drug-likeness (QED) is 0.725. The zero-order valence-electron chi connectivity index (χ0n) is 15.6. The highest BCUT2D eigenvalue weighted by Crippen LogP contribution is 2.25. The number of hydrogen-bond acceptors (Lipinski definition) is 4. The van der Waals surface area contributed by atoms with Crippen molar-refractivity contribution < 1.29 is 13.2 Å². The summed E-state index contributed by atoms with van der Waals surface area (Å²) in [7, 11) is -3.50. The lowest BCUT2D eigenvalue weighted by Gasteiger charge is -2.32. The van der Waals surface area contributed by atoms with E-state index < -0.39 is 10.0 Å². The van der Waals surface area contributed by atoms with Gasteiger partial charge in [-0.25, -0.2) is 8.42 Å². The fourth-order valence-electron chi connectivity index (χ4n) is 2.94. The Bertz CT molecular complexity index is 989. The van der Waals surface area contributed by atoms with Crippen LogP contribution in [-0.4, -0.2) is 56.3 Å². The Labute approximate surface area is 180 Å². The van der Waals surface area contributed by atoms with Gasteiger partial charge in [0.2, 0.25) is 15.9 Å². The van der Waals surface area contributed by atoms with E-state index in [2.05, 4.69) is 5.32 Å². The van der Waals surface area contributed by atoms with Crippen LogP contribution in [-0.2, 0) is 14.8 Å². The summed E-state index contributed by atoms with van der Waals surface area (Å²) < 4.78 is 26.5. The first-order valence-corrected chi connectivity index (χ1v) is 11.3. The molecule has 0 radical (unpaired) electrons. The monoisotopic (exact) mass is 453 g/mol. The van der Waals surface area contributed by atoms with Gasteiger partial charge in [0.05, 0.1) is 17.3 Å². The normalized spacial score (nSPS) is 16.2. The van der Waals surface area contributed by atoms with Gasteiger partial charge in [0.25, 0.3) is 0 Å². The fourth-order valence-corrected chi connectivity index (χ4v) is 4.45. The van der Waals surface area contributed by atoms with Crippen LogP contribution in [0.2, 0.25) is 10.0 Å². The summed E-state index contributed by atoms with van der Waals surface area (Å²) in [6, 6.07) is 14.1. The maximum atomic E-state index is 12.5. The van der Waals surface area contributed by atoms with E-state index in [0.29, 0.717) is 41.9 Å². The molecule has 1 N–H and O–H groups in total. The van der Waals surface area contributed by atoms with Crippen LogP contribution in [0.15, 0.2) is 53.9 Å². The van der Waals surface area contributed by atoms with Crippen molar-refractivity contribution in [2.75, 3.05) is 38.0 Å². The third-order valence-corrected chi connectivity index (χ3v) is 6.62. The first kappa shape index (κ1) is 21.8. The minimum atomic E-state index is -3.50. The van der Waals surface area contributed by atoms with Crippen molar-refractivity contribution in [3.8, 4) is 0 Å². The van der Waals surface area contributed by atoms with Crippen molar-refractivity contribution in [2.24, 2.45) is 0 Å². The van der Waals surface area contributed by atoms with Gasteiger partial charge >= 0.3 is 0 Å². The number of carbonyl (C=O) groups is 1. The highest BCUT2D eigenvalue weighted by Gasteiger charge is 2.26. The first-order chi connectivity index (χ1) is 13.8. The molecule has 0 bridgehead atoms. The van der Waals surface area contributed by atoms with Crippen LogP contribution < -0.4 is 5.32 Å². The van der Waals surface area contributed by atoms with E-state index in [1.165, 1.54) is 9.71 Å². The van der Waals surface area contributed by atoms with E-state index in [9.17, 15) is 13.2 Å². The third kappa shape index (κ3) is 6.29. The number of rotatable bonds is 6. The lowest BCUT2D eigenvalue weighted by atomic mass is 10.2. The van der Waals surface area contributed by atoms with Crippen LogP contribution in [0.4, 0.5) is 5.69 Å². The van der Waals surface area contributed by atoms with Gasteiger partial charge in [0.1, 0.15) is 0 Å². The summed E-state index contributed by atoms with van der Waals surface area (Å²) in [6.07, 6.45) is 1.59. The molecule has 9 heteroatoms. The summed E-state index contributed by atoms with van der Waals surface area (Å²) in [5, 5.41) is 4.85. The Morgan fingerprint density at radius 2 is 1.72 bits per heavy atom. The molecule has 1 heterocycles. The summed E-state index contributed by atoms with van der Waals surface area (Å²) in [5.74, 6) is -0.227. The second-order valence-electron chi connectivity index (χ2n) is 6.61. The molecule has 0 unspecified atom stereocenters. The number of hydrogen-bond donors (Lipinski definition) is 1. The molecule has 0 aromatic heterocycles. The van der Waals surface area contributed by atoms with Crippen molar-refractivity contribution in [3.63, 3.8) is 0 Å². The van der Waals surface area contributed by atoms with Gasteiger partial charge in [-0.2, -0.15) is 4.31 Å². The van der Waals surface area contributed by atoms with Gasteiger partial charge < -0.3 is 5.32 Å². The second kappa shape index (κ2) is 9.73. The maximum absolute atomic E-state index is 12.5. The number of nitrogens with one attached hydrogen (secondary N) is 1. The average Bonchev–Trinajstić information content (AvgIpc) is 2.70. The Morgan fingerprint density at radius 1 is 1.03 bits per heavy atom. The van der Waals surface area contributed by atoms with Crippen LogP contribution in [0.1, 0.15) is 5.56 Å². The van der Waals surface area contributed by atoms with Gasteiger partial charge in [-0.3, -0.25) is 9.69 Å². The number of sulfonamides is 1. The smallest absolute Gasteiger partial charge is 0.238 e. The summed E-state index contributed by atoms with van der Waals surface area (Å²) in [6.45, 7) is 1.74. The Hall–Kier alpha value is -1.90. The van der Waals surface area contributed by atoms with E-state index in [1.807, 2.05) is 35.2 Å². The Morgan fingerprint density at radius 3 is 2.41 bits per heavy atom. The van der Waals surface area contributed by atoms with E-state index in [1.54, 1.807) is 24.3 Å². The number of amides is 1. The molecule has 1 aliphatic rings. The van der Waals surface area contributed by atoms with Crippen LogP contribution in [0.5, 0.6) is 0 Å². The fraction of sp³-hybridized carbons (Fsp3) is 0.250. The molecule has 2 aromatic rings. The van der Waals surface area contributed by atoms with Crippen molar-refractivity contribution in [1.82, 2.24) is 9.21 Å². The van der Waals surface area contributed by atoms with Gasteiger partial charge in [-0.05, 0) is 29.8 Å². The van der Waals surface area contributed by atoms with Gasteiger partial charge in [-0.1, -0.05) is 53.5 Å². The molecular formula is C20H21Cl2N3O3S. The van der Waals surface area contributed by atoms with Gasteiger partial charge in [0.15, 0.2) is 0 Å². The Balaban J connectivity index is 1.51. The summed E-state index contributed by atoms with van der Waals surface area (Å²) >= 11 is 12.0. The largest absolute Gasteiger partial charge is 0.324 e. The first-order valence-electron chi connectivity index (χ1n) is 9.04. The Kier molecular flexibility index (Phi) is 7.32. The lowest BCUT2D eigenvalue weighted by Crippen LogP contribution is -2.49. The molecule has 6 nitrogen and oxygen atoms in total. The molecule has 0 saturated carbocycles. The van der Waals surface area contributed by atoms with Crippen molar-refractivity contribution in [3.05, 3.63) is 69.5 Å². The SMILES string of the molecule is O=C(CN1CCN(S(=O)(=O)/C=C/c2ccccc2)CC1)Nc1cc(Cl)ccc1Cl. The summed E-state index contributed by atoms with van der Waals surface area (Å²) in [4.78, 5) is 14.2. The topological polar surface area (TPSA) is 69.7 Å². The molecule has 0 spiro atoms. The minimum absolute atomic E-state index is 0.149. The van der Waals surface area contributed by atoms with Crippen LogP contribution >= 0.6 is 23.2 Å². The molecular weight excluding hydrogens is 433 g/mol. The molecule has 29 heavy (non-hydrogen) atoms. The van der Waals surface area contributed by atoms with E-state index >= 15 is 0 Å². The zero-order chi connectivity index (χ0) is 20.9. The zero-order valence-corrected chi connectivity index (χ0v) is 17.9. The summed E-state index contributed by atoms with van der Waals surface area (Å²) in [5.41, 5.74) is 1.28. The number of benzene rings is 2. The third-order valence-electron chi connectivity index (χ3n) is 4.49. The molecule has 1 amide bonds. The van der Waals surface area contributed by atoms with Crippen molar-refractivity contribution in [2.45, 2.75) is 0 Å². The number of carbonyl (C=O) groups excluding carboxylic acids is 1. The second-order valence-corrected chi connectivity index (χ2v) is 9.27. The van der Waals surface area contributed by atoms with E-state index in [-0.39, 0.29) is 12.5 Å². The predicted molar refractivity (Wildman–Crippen MR) is 118 cm³/mol. The molecule has 1 saturated heterocycles.